The molecule has 0 saturated carbocycles. The summed E-state index contributed by atoms with van der Waals surface area (Å²) >= 11 is 0. The second-order valence-electron chi connectivity index (χ2n) is 9.27. The Morgan fingerprint density at radius 2 is 1.17 bits per heavy atom. The molecule has 0 fully saturated rings. The smallest absolute Gasteiger partial charge is 0.309 e. The Hall–Kier alpha value is -1.06. The van der Waals surface area contributed by atoms with Crippen molar-refractivity contribution in [1.82, 2.24) is 0 Å². The zero-order chi connectivity index (χ0) is 21.9. The standard InChI is InChI=1S/C25H48O4/c1-6-7-10-17-23(25(27)29-19-14-9-12-16-22(4)5)20-24(26)28-18-13-8-11-15-21(2)3/h21-23H,6-20H2,1-5H3. The third-order valence-electron chi connectivity index (χ3n) is 5.26. The van der Waals surface area contributed by atoms with E-state index < -0.39 is 0 Å². The molecule has 0 aliphatic carbocycles. The van der Waals surface area contributed by atoms with Crippen molar-refractivity contribution in [3.63, 3.8) is 0 Å². The van der Waals surface area contributed by atoms with Crippen LogP contribution >= 0.6 is 0 Å². The molecule has 0 aromatic rings. The normalized spacial score (nSPS) is 12.4. The summed E-state index contributed by atoms with van der Waals surface area (Å²) in [5.74, 6) is 0.609. The first-order valence-corrected chi connectivity index (χ1v) is 12.2. The first kappa shape index (κ1) is 27.9. The summed E-state index contributed by atoms with van der Waals surface area (Å²) in [6.07, 6.45) is 12.8. The lowest BCUT2D eigenvalue weighted by atomic mass is 9.98. The molecule has 1 atom stereocenters. The van der Waals surface area contributed by atoms with Crippen molar-refractivity contribution in [3.8, 4) is 0 Å². The predicted octanol–water partition coefficient (Wildman–Crippen LogP) is 7.09. The second kappa shape index (κ2) is 18.9. The lowest BCUT2D eigenvalue weighted by molar-refractivity contribution is -0.155. The number of rotatable bonds is 19. The molecule has 29 heavy (non-hydrogen) atoms. The molecule has 0 rings (SSSR count). The third-order valence-corrected chi connectivity index (χ3v) is 5.26. The molecule has 0 N–H and O–H groups in total. The number of hydrogen-bond donors (Lipinski definition) is 0. The maximum Gasteiger partial charge on any atom is 0.309 e. The van der Waals surface area contributed by atoms with Crippen LogP contribution in [0.2, 0.25) is 0 Å². The minimum Gasteiger partial charge on any atom is -0.466 e. The molecule has 4 heteroatoms. The molecule has 0 aromatic heterocycles. The van der Waals surface area contributed by atoms with E-state index in [4.69, 9.17) is 9.47 Å². The van der Waals surface area contributed by atoms with Crippen molar-refractivity contribution in [2.24, 2.45) is 17.8 Å². The van der Waals surface area contributed by atoms with Gasteiger partial charge in [-0.1, -0.05) is 92.4 Å². The summed E-state index contributed by atoms with van der Waals surface area (Å²) in [5, 5.41) is 0. The molecule has 0 bridgehead atoms. The van der Waals surface area contributed by atoms with Gasteiger partial charge in [0.15, 0.2) is 0 Å². The van der Waals surface area contributed by atoms with E-state index in [1.807, 2.05) is 0 Å². The van der Waals surface area contributed by atoms with Gasteiger partial charge in [-0.2, -0.15) is 0 Å². The number of esters is 2. The van der Waals surface area contributed by atoms with Crippen molar-refractivity contribution in [3.05, 3.63) is 0 Å². The minimum atomic E-state index is -0.356. The van der Waals surface area contributed by atoms with Gasteiger partial charge in [-0.05, 0) is 31.1 Å². The summed E-state index contributed by atoms with van der Waals surface area (Å²) in [4.78, 5) is 24.6. The molecule has 0 aliphatic rings. The van der Waals surface area contributed by atoms with Gasteiger partial charge in [-0.15, -0.1) is 0 Å². The fourth-order valence-corrected chi connectivity index (χ4v) is 3.34. The van der Waals surface area contributed by atoms with Gasteiger partial charge in [-0.25, -0.2) is 0 Å². The first-order valence-electron chi connectivity index (χ1n) is 12.2. The lowest BCUT2D eigenvalue weighted by Crippen LogP contribution is -2.23. The van der Waals surface area contributed by atoms with Crippen molar-refractivity contribution < 1.29 is 19.1 Å². The zero-order valence-electron chi connectivity index (χ0n) is 20.0. The van der Waals surface area contributed by atoms with E-state index >= 15 is 0 Å². The van der Waals surface area contributed by atoms with E-state index in [0.29, 0.717) is 19.6 Å². The van der Waals surface area contributed by atoms with Crippen molar-refractivity contribution in [2.75, 3.05) is 13.2 Å². The van der Waals surface area contributed by atoms with Gasteiger partial charge < -0.3 is 9.47 Å². The first-order chi connectivity index (χ1) is 13.9. The van der Waals surface area contributed by atoms with Crippen LogP contribution in [0.5, 0.6) is 0 Å². The molecule has 172 valence electrons. The van der Waals surface area contributed by atoms with Crippen LogP contribution in [0.15, 0.2) is 0 Å². The molecule has 0 radical (unpaired) electrons. The van der Waals surface area contributed by atoms with Crippen LogP contribution in [0.4, 0.5) is 0 Å². The average molecular weight is 413 g/mol. The van der Waals surface area contributed by atoms with Gasteiger partial charge in [0.05, 0.1) is 25.6 Å². The molecule has 0 amide bonds. The number of hydrogen-bond acceptors (Lipinski definition) is 4. The van der Waals surface area contributed by atoms with Crippen LogP contribution in [-0.4, -0.2) is 25.2 Å². The molecule has 1 unspecified atom stereocenters. The molecular weight excluding hydrogens is 364 g/mol. The van der Waals surface area contributed by atoms with Crippen molar-refractivity contribution in [1.29, 1.82) is 0 Å². The van der Waals surface area contributed by atoms with Crippen LogP contribution in [0, 0.1) is 17.8 Å². The highest BCUT2D eigenvalue weighted by Crippen LogP contribution is 2.18. The summed E-state index contributed by atoms with van der Waals surface area (Å²) in [5.41, 5.74) is 0. The van der Waals surface area contributed by atoms with Gasteiger partial charge in [0.2, 0.25) is 0 Å². The second-order valence-corrected chi connectivity index (χ2v) is 9.27. The SMILES string of the molecule is CCCCCC(CC(=O)OCCCCCC(C)C)C(=O)OCCCCCC(C)C. The van der Waals surface area contributed by atoms with Crippen LogP contribution < -0.4 is 0 Å². The van der Waals surface area contributed by atoms with E-state index in [1.165, 1.54) is 25.7 Å². The van der Waals surface area contributed by atoms with E-state index in [0.717, 1.165) is 56.8 Å². The Kier molecular flexibility index (Phi) is 18.2. The number of ether oxygens (including phenoxy) is 2. The molecule has 0 heterocycles. The summed E-state index contributed by atoms with van der Waals surface area (Å²) in [6.45, 7) is 12.0. The molecule has 0 aromatic carbocycles. The van der Waals surface area contributed by atoms with Crippen LogP contribution in [0.25, 0.3) is 0 Å². The molecule has 0 spiro atoms. The molecule has 0 aliphatic heterocycles. The van der Waals surface area contributed by atoms with Gasteiger partial charge in [0.25, 0.3) is 0 Å². The maximum absolute atomic E-state index is 12.5. The van der Waals surface area contributed by atoms with Crippen molar-refractivity contribution in [2.45, 2.75) is 118 Å². The Bertz CT molecular complexity index is 404. The largest absolute Gasteiger partial charge is 0.466 e. The minimum absolute atomic E-state index is 0.155. The Balaban J connectivity index is 4.14. The Morgan fingerprint density at radius 1 is 0.655 bits per heavy atom. The quantitative estimate of drug-likeness (QED) is 0.168. The lowest BCUT2D eigenvalue weighted by Gasteiger charge is -2.16. The highest BCUT2D eigenvalue weighted by molar-refractivity contribution is 5.79. The Morgan fingerprint density at radius 3 is 1.69 bits per heavy atom. The fraction of sp³-hybridized carbons (Fsp3) is 0.920. The van der Waals surface area contributed by atoms with Gasteiger partial charge in [0, 0.05) is 0 Å². The van der Waals surface area contributed by atoms with E-state index in [2.05, 4.69) is 34.6 Å². The molecular formula is C25H48O4. The van der Waals surface area contributed by atoms with Crippen LogP contribution in [0.1, 0.15) is 118 Å². The van der Waals surface area contributed by atoms with Crippen molar-refractivity contribution >= 4 is 11.9 Å². The van der Waals surface area contributed by atoms with Gasteiger partial charge in [0.1, 0.15) is 0 Å². The summed E-state index contributed by atoms with van der Waals surface area (Å²) < 4.78 is 10.8. The van der Waals surface area contributed by atoms with E-state index in [9.17, 15) is 9.59 Å². The number of carbonyl (C=O) groups is 2. The van der Waals surface area contributed by atoms with Gasteiger partial charge >= 0.3 is 11.9 Å². The maximum atomic E-state index is 12.5. The molecule has 0 saturated heterocycles. The van der Waals surface area contributed by atoms with E-state index in [1.54, 1.807) is 0 Å². The fourth-order valence-electron chi connectivity index (χ4n) is 3.34. The highest BCUT2D eigenvalue weighted by Gasteiger charge is 2.23. The molecule has 4 nitrogen and oxygen atoms in total. The number of carbonyl (C=O) groups excluding carboxylic acids is 2. The van der Waals surface area contributed by atoms with Crippen LogP contribution in [0.3, 0.4) is 0 Å². The predicted molar refractivity (Wildman–Crippen MR) is 121 cm³/mol. The monoisotopic (exact) mass is 412 g/mol. The Labute approximate surface area is 180 Å². The van der Waals surface area contributed by atoms with E-state index in [-0.39, 0.29) is 24.3 Å². The van der Waals surface area contributed by atoms with Crippen LogP contribution in [-0.2, 0) is 19.1 Å². The third kappa shape index (κ3) is 18.7. The summed E-state index contributed by atoms with van der Waals surface area (Å²) in [6, 6.07) is 0. The number of unbranched alkanes of at least 4 members (excludes halogenated alkanes) is 6. The van der Waals surface area contributed by atoms with Gasteiger partial charge in [-0.3, -0.25) is 9.59 Å². The highest BCUT2D eigenvalue weighted by atomic mass is 16.5. The zero-order valence-corrected chi connectivity index (χ0v) is 20.0. The average Bonchev–Trinajstić information content (AvgIpc) is 2.66. The topological polar surface area (TPSA) is 52.6 Å². The summed E-state index contributed by atoms with van der Waals surface area (Å²) in [7, 11) is 0.